The van der Waals surface area contributed by atoms with Gasteiger partial charge < -0.3 is 15.0 Å². The van der Waals surface area contributed by atoms with E-state index < -0.39 is 5.82 Å². The largest absolute Gasteiger partial charge is 0.505 e. The molecular weight excluding hydrogens is 533 g/mol. The highest BCUT2D eigenvalue weighted by Gasteiger charge is 2.45. The number of nitrogens with one attached hydrogen (secondary N) is 3. The number of halogens is 1. The highest BCUT2D eigenvalue weighted by molar-refractivity contribution is 5.83. The van der Waals surface area contributed by atoms with E-state index >= 15 is 0 Å². The summed E-state index contributed by atoms with van der Waals surface area (Å²) in [5, 5.41) is 9.89. The predicted octanol–water partition coefficient (Wildman–Crippen LogP) is 3.36. The third kappa shape index (κ3) is 4.94. The Morgan fingerprint density at radius 2 is 1.95 bits per heavy atom. The summed E-state index contributed by atoms with van der Waals surface area (Å²) in [6.45, 7) is 11.2. The molecule has 1 aliphatic carbocycles. The molecule has 5 unspecified atom stereocenters. The topological polar surface area (TPSA) is 99.8 Å². The number of nitrogens with zero attached hydrogens (tertiary/aromatic N) is 4. The maximum absolute atomic E-state index is 14.3. The molecule has 1 saturated carbocycles. The van der Waals surface area contributed by atoms with Gasteiger partial charge in [0, 0.05) is 44.2 Å². The first-order valence-corrected chi connectivity index (χ1v) is 16.2. The van der Waals surface area contributed by atoms with Crippen LogP contribution in [0.2, 0.25) is 0 Å². The van der Waals surface area contributed by atoms with Crippen LogP contribution in [0.5, 0.6) is 5.75 Å². The van der Waals surface area contributed by atoms with Crippen LogP contribution in [0.15, 0.2) is 12.1 Å². The molecule has 2 aromatic rings. The van der Waals surface area contributed by atoms with Crippen LogP contribution in [-0.2, 0) is 24.2 Å². The molecule has 9 nitrogen and oxygen atoms in total. The quantitative estimate of drug-likeness (QED) is 0.417. The highest BCUT2D eigenvalue weighted by Crippen LogP contribution is 2.45. The van der Waals surface area contributed by atoms with Crippen LogP contribution < -0.4 is 10.9 Å². The molecule has 0 bridgehead atoms. The number of aromatic nitrogens is 2. The number of aryl methyl sites for hydroxylation is 1. The van der Waals surface area contributed by atoms with Crippen LogP contribution in [-0.4, -0.2) is 86.0 Å². The lowest BCUT2D eigenvalue weighted by atomic mass is 9.73. The summed E-state index contributed by atoms with van der Waals surface area (Å²) in [6.07, 6.45) is 6.88. The SMILES string of the molecule is CCc1cc(O)c(F)cc1C1CCC2C(C1)NNC2c1nc2c([nH]1)CN(C(C)C)C(C(=O)N1CC(N3CCCC3)C1)C2. The van der Waals surface area contributed by atoms with Gasteiger partial charge in [-0.3, -0.25) is 20.0 Å². The summed E-state index contributed by atoms with van der Waals surface area (Å²) in [5.41, 5.74) is 11.3. The Balaban J connectivity index is 1.03. The van der Waals surface area contributed by atoms with Crippen molar-refractivity contribution in [1.82, 2.24) is 35.5 Å². The Kier molecular flexibility index (Phi) is 7.53. The van der Waals surface area contributed by atoms with Gasteiger partial charge in [0.2, 0.25) is 5.91 Å². The minimum absolute atomic E-state index is 0.0713. The second-order valence-corrected chi connectivity index (χ2v) is 13.6. The number of benzene rings is 1. The van der Waals surface area contributed by atoms with E-state index in [0.29, 0.717) is 24.9 Å². The van der Waals surface area contributed by atoms with E-state index in [-0.39, 0.29) is 41.7 Å². The third-order valence-electron chi connectivity index (χ3n) is 10.9. The van der Waals surface area contributed by atoms with Crippen LogP contribution in [0.25, 0.3) is 0 Å². The number of hydrazine groups is 1. The van der Waals surface area contributed by atoms with Gasteiger partial charge in [0.15, 0.2) is 11.6 Å². The molecule has 42 heavy (non-hydrogen) atoms. The van der Waals surface area contributed by atoms with E-state index in [4.69, 9.17) is 4.98 Å². The molecule has 228 valence electrons. The molecule has 4 fully saturated rings. The van der Waals surface area contributed by atoms with Crippen LogP contribution in [0.3, 0.4) is 0 Å². The Morgan fingerprint density at radius 3 is 2.69 bits per heavy atom. The third-order valence-corrected chi connectivity index (χ3v) is 10.9. The lowest BCUT2D eigenvalue weighted by molar-refractivity contribution is -0.146. The monoisotopic (exact) mass is 579 g/mol. The Labute approximate surface area is 248 Å². The van der Waals surface area contributed by atoms with Gasteiger partial charge in [0.25, 0.3) is 0 Å². The number of phenols is 1. The summed E-state index contributed by atoms with van der Waals surface area (Å²) < 4.78 is 14.3. The number of carbonyl (C=O) groups is 1. The number of phenolic OH excluding ortho intramolecular Hbond substituents is 1. The van der Waals surface area contributed by atoms with Gasteiger partial charge in [-0.25, -0.2) is 14.8 Å². The number of aromatic hydroxyl groups is 1. The summed E-state index contributed by atoms with van der Waals surface area (Å²) in [6, 6.07) is 4.11. The van der Waals surface area contributed by atoms with E-state index in [1.54, 1.807) is 12.1 Å². The Bertz CT molecular complexity index is 1320. The van der Waals surface area contributed by atoms with Crippen LogP contribution in [0.4, 0.5) is 4.39 Å². The number of likely N-dealkylation sites (tertiary alicyclic amines) is 2. The van der Waals surface area contributed by atoms with Crippen molar-refractivity contribution in [3.63, 3.8) is 0 Å². The molecule has 3 saturated heterocycles. The summed E-state index contributed by atoms with van der Waals surface area (Å²) in [5.74, 6) is 1.05. The normalized spacial score (nSPS) is 30.5. The lowest BCUT2D eigenvalue weighted by Gasteiger charge is -2.47. The molecule has 5 aliphatic rings. The predicted molar refractivity (Wildman–Crippen MR) is 158 cm³/mol. The lowest BCUT2D eigenvalue weighted by Crippen LogP contribution is -2.64. The van der Waals surface area contributed by atoms with Crippen molar-refractivity contribution in [2.75, 3.05) is 26.2 Å². The fourth-order valence-electron chi connectivity index (χ4n) is 8.39. The molecular formula is C32H46FN7O2. The number of hydrogen-bond donors (Lipinski definition) is 4. The average Bonchev–Trinajstić information content (AvgIpc) is 3.71. The molecule has 0 radical (unpaired) electrons. The summed E-state index contributed by atoms with van der Waals surface area (Å²) >= 11 is 0. The van der Waals surface area contributed by atoms with E-state index in [9.17, 15) is 14.3 Å². The number of carbonyl (C=O) groups excluding carboxylic acids is 1. The van der Waals surface area contributed by atoms with Crippen molar-refractivity contribution in [3.8, 4) is 5.75 Å². The Morgan fingerprint density at radius 1 is 1.17 bits per heavy atom. The van der Waals surface area contributed by atoms with Crippen molar-refractivity contribution < 1.29 is 14.3 Å². The molecule has 4 aliphatic heterocycles. The summed E-state index contributed by atoms with van der Waals surface area (Å²) in [7, 11) is 0. The van der Waals surface area contributed by atoms with Gasteiger partial charge in [-0.05, 0) is 101 Å². The number of H-pyrrole nitrogens is 1. The first-order chi connectivity index (χ1) is 20.3. The number of rotatable bonds is 6. The average molecular weight is 580 g/mol. The van der Waals surface area contributed by atoms with Crippen LogP contribution in [0, 0.1) is 11.7 Å². The van der Waals surface area contributed by atoms with Crippen molar-refractivity contribution in [2.24, 2.45) is 5.92 Å². The van der Waals surface area contributed by atoms with Crippen LogP contribution in [0.1, 0.15) is 93.2 Å². The first-order valence-electron chi connectivity index (χ1n) is 16.2. The molecule has 7 rings (SSSR count). The number of fused-ring (bicyclic) bond motifs is 2. The van der Waals surface area contributed by atoms with Gasteiger partial charge in [0.05, 0.1) is 23.5 Å². The summed E-state index contributed by atoms with van der Waals surface area (Å²) in [4.78, 5) is 29.5. The van der Waals surface area contributed by atoms with Crippen molar-refractivity contribution in [1.29, 1.82) is 0 Å². The molecule has 5 heterocycles. The highest BCUT2D eigenvalue weighted by atomic mass is 19.1. The molecule has 0 spiro atoms. The van der Waals surface area contributed by atoms with Crippen molar-refractivity contribution in [3.05, 3.63) is 46.3 Å². The molecule has 1 aromatic heterocycles. The number of amides is 1. The maximum Gasteiger partial charge on any atom is 0.240 e. The van der Waals surface area contributed by atoms with Gasteiger partial charge in [0.1, 0.15) is 5.82 Å². The smallest absolute Gasteiger partial charge is 0.240 e. The van der Waals surface area contributed by atoms with Gasteiger partial charge in [-0.2, -0.15) is 0 Å². The number of aromatic amines is 1. The van der Waals surface area contributed by atoms with E-state index in [1.165, 1.54) is 25.9 Å². The fourth-order valence-corrected chi connectivity index (χ4v) is 8.39. The van der Waals surface area contributed by atoms with Gasteiger partial charge in [-0.1, -0.05) is 6.92 Å². The van der Waals surface area contributed by atoms with E-state index in [1.807, 2.05) is 0 Å². The fraction of sp³-hybridized carbons (Fsp3) is 0.688. The maximum atomic E-state index is 14.3. The second kappa shape index (κ2) is 11.2. The molecule has 1 amide bonds. The number of imidazole rings is 1. The zero-order valence-electron chi connectivity index (χ0n) is 25.2. The van der Waals surface area contributed by atoms with Gasteiger partial charge >= 0.3 is 0 Å². The Hall–Kier alpha value is -2.53. The second-order valence-electron chi connectivity index (χ2n) is 13.6. The zero-order valence-corrected chi connectivity index (χ0v) is 25.2. The van der Waals surface area contributed by atoms with E-state index in [2.05, 4.69) is 51.3 Å². The van der Waals surface area contributed by atoms with Gasteiger partial charge in [-0.15, -0.1) is 0 Å². The zero-order chi connectivity index (χ0) is 29.1. The minimum atomic E-state index is -0.534. The van der Waals surface area contributed by atoms with Crippen molar-refractivity contribution in [2.45, 2.75) is 108 Å². The number of hydrogen-bond acceptors (Lipinski definition) is 7. The minimum Gasteiger partial charge on any atom is -0.505 e. The van der Waals surface area contributed by atoms with Crippen molar-refractivity contribution >= 4 is 5.91 Å². The van der Waals surface area contributed by atoms with E-state index in [0.717, 1.165) is 67.1 Å². The molecule has 5 atom stereocenters. The van der Waals surface area contributed by atoms with Crippen LogP contribution >= 0.6 is 0 Å². The molecule has 10 heteroatoms. The first kappa shape index (κ1) is 28.3. The molecule has 4 N–H and O–H groups in total. The standard InChI is InChI=1S/C32H46FN7O2/c1-4-19-12-29(41)24(33)13-23(19)20-7-8-22-25(11-20)36-37-30(22)31-34-26-14-28(40(18(2)3)17-27(26)35-31)32(42)39-15-21(16-39)38-9-5-6-10-38/h12-13,18,20-22,25,28,30,36-37,41H,4-11,14-17H2,1-3H3,(H,34,35). The molecule has 1 aromatic carbocycles.